The number of sulfonamides is 1. The van der Waals surface area contributed by atoms with Crippen LogP contribution >= 0.6 is 0 Å². The molecule has 0 saturated heterocycles. The van der Waals surface area contributed by atoms with Crippen LogP contribution in [0.2, 0.25) is 0 Å². The van der Waals surface area contributed by atoms with Gasteiger partial charge in [-0.05, 0) is 55.4 Å². The SMILES string of the molecule is CCC(CC1CC1)NS(=O)(=O)c1cc(CN)c(C)cc1C. The van der Waals surface area contributed by atoms with Gasteiger partial charge in [-0.3, -0.25) is 0 Å². The van der Waals surface area contributed by atoms with Gasteiger partial charge in [-0.25, -0.2) is 13.1 Å². The second kappa shape index (κ2) is 6.46. The van der Waals surface area contributed by atoms with E-state index in [9.17, 15) is 8.42 Å². The molecule has 5 heteroatoms. The summed E-state index contributed by atoms with van der Waals surface area (Å²) in [5, 5.41) is 0. The minimum atomic E-state index is -3.48. The van der Waals surface area contributed by atoms with E-state index in [1.807, 2.05) is 26.8 Å². The van der Waals surface area contributed by atoms with Crippen molar-refractivity contribution >= 4 is 10.0 Å². The second-order valence-corrected chi connectivity index (χ2v) is 7.84. The molecule has 1 fully saturated rings. The van der Waals surface area contributed by atoms with Crippen LogP contribution in [0.15, 0.2) is 17.0 Å². The van der Waals surface area contributed by atoms with Gasteiger partial charge < -0.3 is 5.73 Å². The van der Waals surface area contributed by atoms with Gasteiger partial charge in [0, 0.05) is 12.6 Å². The lowest BCUT2D eigenvalue weighted by Crippen LogP contribution is -2.35. The molecule has 4 nitrogen and oxygen atoms in total. The van der Waals surface area contributed by atoms with Crippen LogP contribution in [0.25, 0.3) is 0 Å². The van der Waals surface area contributed by atoms with Crippen molar-refractivity contribution in [3.05, 3.63) is 28.8 Å². The van der Waals surface area contributed by atoms with Crippen molar-refractivity contribution in [3.8, 4) is 0 Å². The predicted octanol–water partition coefficient (Wildman–Crippen LogP) is 2.62. The quantitative estimate of drug-likeness (QED) is 0.813. The Morgan fingerprint density at radius 1 is 1.29 bits per heavy atom. The highest BCUT2D eigenvalue weighted by molar-refractivity contribution is 7.89. The molecule has 118 valence electrons. The highest BCUT2D eigenvalue weighted by atomic mass is 32.2. The molecular weight excluding hydrogens is 284 g/mol. The maximum Gasteiger partial charge on any atom is 0.241 e. The van der Waals surface area contributed by atoms with Gasteiger partial charge in [0.2, 0.25) is 10.0 Å². The molecule has 0 heterocycles. The van der Waals surface area contributed by atoms with E-state index >= 15 is 0 Å². The lowest BCUT2D eigenvalue weighted by molar-refractivity contribution is 0.495. The van der Waals surface area contributed by atoms with Gasteiger partial charge in [0.25, 0.3) is 0 Å². The molecule has 1 atom stereocenters. The van der Waals surface area contributed by atoms with E-state index in [-0.39, 0.29) is 6.04 Å². The summed E-state index contributed by atoms with van der Waals surface area (Å²) in [4.78, 5) is 0.364. The Kier molecular flexibility index (Phi) is 5.07. The third-order valence-electron chi connectivity index (χ3n) is 4.27. The van der Waals surface area contributed by atoms with Crippen LogP contribution < -0.4 is 10.5 Å². The summed E-state index contributed by atoms with van der Waals surface area (Å²) in [6.45, 7) is 6.18. The standard InChI is InChI=1S/C16H26N2O2S/c1-4-15(8-13-5-6-13)18-21(19,20)16-9-14(10-17)11(2)7-12(16)3/h7,9,13,15,18H,4-6,8,10,17H2,1-3H3. The molecule has 21 heavy (non-hydrogen) atoms. The Morgan fingerprint density at radius 3 is 2.48 bits per heavy atom. The minimum Gasteiger partial charge on any atom is -0.326 e. The first-order chi connectivity index (χ1) is 9.87. The first kappa shape index (κ1) is 16.5. The van der Waals surface area contributed by atoms with E-state index in [2.05, 4.69) is 4.72 Å². The Balaban J connectivity index is 2.25. The number of hydrogen-bond acceptors (Lipinski definition) is 3. The van der Waals surface area contributed by atoms with E-state index < -0.39 is 10.0 Å². The third-order valence-corrected chi connectivity index (χ3v) is 5.93. The largest absolute Gasteiger partial charge is 0.326 e. The van der Waals surface area contributed by atoms with Gasteiger partial charge in [0.05, 0.1) is 4.90 Å². The van der Waals surface area contributed by atoms with Crippen LogP contribution in [-0.2, 0) is 16.6 Å². The van der Waals surface area contributed by atoms with Gasteiger partial charge in [0.15, 0.2) is 0 Å². The van der Waals surface area contributed by atoms with Crippen LogP contribution in [0.3, 0.4) is 0 Å². The number of hydrogen-bond donors (Lipinski definition) is 2. The van der Waals surface area contributed by atoms with E-state index in [1.165, 1.54) is 12.8 Å². The average Bonchev–Trinajstić information content (AvgIpc) is 3.21. The number of aryl methyl sites for hydroxylation is 2. The lowest BCUT2D eigenvalue weighted by atomic mass is 10.1. The fourth-order valence-electron chi connectivity index (χ4n) is 2.72. The lowest BCUT2D eigenvalue weighted by Gasteiger charge is -2.19. The van der Waals surface area contributed by atoms with Crippen molar-refractivity contribution in [2.75, 3.05) is 0 Å². The average molecular weight is 310 g/mol. The highest BCUT2D eigenvalue weighted by Gasteiger charge is 2.28. The Morgan fingerprint density at radius 2 is 1.95 bits per heavy atom. The molecule has 1 aliphatic rings. The van der Waals surface area contributed by atoms with Crippen LogP contribution in [-0.4, -0.2) is 14.5 Å². The van der Waals surface area contributed by atoms with Crippen molar-refractivity contribution in [1.82, 2.24) is 4.72 Å². The van der Waals surface area contributed by atoms with Crippen molar-refractivity contribution in [2.45, 2.75) is 63.9 Å². The molecule has 1 aliphatic carbocycles. The molecule has 0 bridgehead atoms. The van der Waals surface area contributed by atoms with E-state index in [1.54, 1.807) is 6.07 Å². The Bertz CT molecular complexity index is 607. The Labute approximate surface area is 128 Å². The number of nitrogens with one attached hydrogen (secondary N) is 1. The van der Waals surface area contributed by atoms with Gasteiger partial charge in [-0.1, -0.05) is 25.8 Å². The zero-order valence-corrected chi connectivity index (χ0v) is 14.0. The van der Waals surface area contributed by atoms with Crippen LogP contribution in [0.4, 0.5) is 0 Å². The molecule has 1 aromatic carbocycles. The number of nitrogens with two attached hydrogens (primary N) is 1. The minimum absolute atomic E-state index is 0.0320. The summed E-state index contributed by atoms with van der Waals surface area (Å²) in [6.07, 6.45) is 4.24. The van der Waals surface area contributed by atoms with E-state index in [0.29, 0.717) is 17.4 Å². The molecule has 1 aromatic rings. The molecule has 1 unspecified atom stereocenters. The summed E-state index contributed by atoms with van der Waals surface area (Å²) >= 11 is 0. The van der Waals surface area contributed by atoms with Gasteiger partial charge in [0.1, 0.15) is 0 Å². The van der Waals surface area contributed by atoms with E-state index in [0.717, 1.165) is 29.5 Å². The molecule has 3 N–H and O–H groups in total. The fourth-order valence-corrected chi connectivity index (χ4v) is 4.33. The van der Waals surface area contributed by atoms with Gasteiger partial charge >= 0.3 is 0 Å². The topological polar surface area (TPSA) is 72.2 Å². The number of benzene rings is 1. The van der Waals surface area contributed by atoms with Crippen LogP contribution in [0, 0.1) is 19.8 Å². The summed E-state index contributed by atoms with van der Waals surface area (Å²) < 4.78 is 28.2. The maximum absolute atomic E-state index is 12.7. The zero-order chi connectivity index (χ0) is 15.6. The highest BCUT2D eigenvalue weighted by Crippen LogP contribution is 2.34. The summed E-state index contributed by atoms with van der Waals surface area (Å²) in [5.74, 6) is 0.705. The smallest absolute Gasteiger partial charge is 0.241 e. The number of rotatable bonds is 7. The molecule has 0 radical (unpaired) electrons. The third kappa shape index (κ3) is 4.05. The molecule has 0 spiro atoms. The molecular formula is C16H26N2O2S. The molecule has 0 amide bonds. The van der Waals surface area contributed by atoms with Gasteiger partial charge in [-0.2, -0.15) is 0 Å². The van der Waals surface area contributed by atoms with Crippen molar-refractivity contribution in [1.29, 1.82) is 0 Å². The normalized spacial score (nSPS) is 17.0. The van der Waals surface area contributed by atoms with Gasteiger partial charge in [-0.15, -0.1) is 0 Å². The summed E-state index contributed by atoms with van der Waals surface area (Å²) in [5.41, 5.74) is 8.40. The molecule has 1 saturated carbocycles. The van der Waals surface area contributed by atoms with Crippen molar-refractivity contribution < 1.29 is 8.42 Å². The maximum atomic E-state index is 12.7. The summed E-state index contributed by atoms with van der Waals surface area (Å²) in [6, 6.07) is 3.65. The summed E-state index contributed by atoms with van der Waals surface area (Å²) in [7, 11) is -3.48. The van der Waals surface area contributed by atoms with Crippen LogP contribution in [0.1, 0.15) is 49.3 Å². The van der Waals surface area contributed by atoms with Crippen LogP contribution in [0.5, 0.6) is 0 Å². The predicted molar refractivity (Wildman–Crippen MR) is 85.5 cm³/mol. The first-order valence-corrected chi connectivity index (χ1v) is 9.18. The molecule has 0 aromatic heterocycles. The van der Waals surface area contributed by atoms with E-state index in [4.69, 9.17) is 5.73 Å². The van der Waals surface area contributed by atoms with Crippen molar-refractivity contribution in [3.63, 3.8) is 0 Å². The Hall–Kier alpha value is -0.910. The molecule has 0 aliphatic heterocycles. The first-order valence-electron chi connectivity index (χ1n) is 7.70. The van der Waals surface area contributed by atoms with Crippen molar-refractivity contribution in [2.24, 2.45) is 11.7 Å². The second-order valence-electron chi connectivity index (χ2n) is 6.15. The molecule has 2 rings (SSSR count). The monoisotopic (exact) mass is 310 g/mol. The fraction of sp³-hybridized carbons (Fsp3) is 0.625. The zero-order valence-electron chi connectivity index (χ0n) is 13.1.